The molecule has 0 unspecified atom stereocenters. The molecule has 4 aromatic rings. The Balaban J connectivity index is 1.72. The van der Waals surface area contributed by atoms with Gasteiger partial charge in [0.1, 0.15) is 0 Å². The van der Waals surface area contributed by atoms with Gasteiger partial charge in [-0.3, -0.25) is 4.72 Å². The van der Waals surface area contributed by atoms with Crippen molar-refractivity contribution in [2.24, 2.45) is 0 Å². The SMILES string of the molecule is CC[C@H](C)c1ccc(Nc2nc3ccccc3nc2NS(=O)(=O)c2ccccc2)cc1. The molecule has 31 heavy (non-hydrogen) atoms. The van der Waals surface area contributed by atoms with E-state index in [9.17, 15) is 8.42 Å². The highest BCUT2D eigenvalue weighted by Gasteiger charge is 2.19. The third-order valence-corrected chi connectivity index (χ3v) is 6.56. The summed E-state index contributed by atoms with van der Waals surface area (Å²) >= 11 is 0. The van der Waals surface area contributed by atoms with Crippen molar-refractivity contribution in [3.8, 4) is 0 Å². The topological polar surface area (TPSA) is 84.0 Å². The van der Waals surface area contributed by atoms with Crippen molar-refractivity contribution in [2.45, 2.75) is 31.1 Å². The Bertz CT molecular complexity index is 1290. The van der Waals surface area contributed by atoms with Gasteiger partial charge >= 0.3 is 0 Å². The summed E-state index contributed by atoms with van der Waals surface area (Å²) < 4.78 is 28.4. The molecule has 158 valence electrons. The van der Waals surface area contributed by atoms with Crippen molar-refractivity contribution in [3.05, 3.63) is 84.4 Å². The predicted octanol–water partition coefficient (Wildman–Crippen LogP) is 5.69. The Hall–Kier alpha value is -3.45. The van der Waals surface area contributed by atoms with E-state index in [1.54, 1.807) is 24.3 Å². The highest BCUT2D eigenvalue weighted by Crippen LogP contribution is 2.28. The van der Waals surface area contributed by atoms with E-state index in [0.29, 0.717) is 22.8 Å². The molecule has 0 radical (unpaired) electrons. The molecule has 1 aromatic heterocycles. The fraction of sp³-hybridized carbons (Fsp3) is 0.167. The standard InChI is InChI=1S/C24H24N4O2S/c1-3-17(2)18-13-15-19(16-14-18)25-23-24(27-22-12-8-7-11-21(22)26-23)28-31(29,30)20-9-5-4-6-10-20/h4-17H,3H2,1-2H3,(H,25,26)(H,27,28)/t17-/m0/s1. The monoisotopic (exact) mass is 432 g/mol. The van der Waals surface area contributed by atoms with Crippen LogP contribution in [-0.4, -0.2) is 18.4 Å². The molecule has 6 nitrogen and oxygen atoms in total. The Labute approximate surface area is 182 Å². The van der Waals surface area contributed by atoms with Crippen molar-refractivity contribution >= 4 is 38.4 Å². The number of hydrogen-bond acceptors (Lipinski definition) is 5. The van der Waals surface area contributed by atoms with Gasteiger partial charge in [0.15, 0.2) is 11.6 Å². The van der Waals surface area contributed by atoms with Crippen LogP contribution in [0.3, 0.4) is 0 Å². The lowest BCUT2D eigenvalue weighted by Crippen LogP contribution is -2.16. The van der Waals surface area contributed by atoms with E-state index in [4.69, 9.17) is 0 Å². The van der Waals surface area contributed by atoms with Gasteiger partial charge in [-0.1, -0.05) is 56.3 Å². The van der Waals surface area contributed by atoms with Crippen LogP contribution in [0.1, 0.15) is 31.7 Å². The van der Waals surface area contributed by atoms with Crippen molar-refractivity contribution in [3.63, 3.8) is 0 Å². The zero-order chi connectivity index (χ0) is 21.8. The minimum absolute atomic E-state index is 0.147. The quantitative estimate of drug-likeness (QED) is 0.392. The van der Waals surface area contributed by atoms with E-state index in [1.807, 2.05) is 30.3 Å². The fourth-order valence-corrected chi connectivity index (χ4v) is 4.24. The van der Waals surface area contributed by atoms with E-state index in [0.717, 1.165) is 12.1 Å². The number of benzene rings is 3. The van der Waals surface area contributed by atoms with E-state index < -0.39 is 10.0 Å². The molecule has 0 saturated carbocycles. The molecular formula is C24H24N4O2S. The molecule has 1 atom stereocenters. The van der Waals surface area contributed by atoms with Crippen LogP contribution in [0.15, 0.2) is 83.8 Å². The number of anilines is 3. The summed E-state index contributed by atoms with van der Waals surface area (Å²) in [7, 11) is -3.81. The van der Waals surface area contributed by atoms with Crippen LogP contribution in [0.2, 0.25) is 0 Å². The van der Waals surface area contributed by atoms with Crippen LogP contribution >= 0.6 is 0 Å². The largest absolute Gasteiger partial charge is 0.337 e. The summed E-state index contributed by atoms with van der Waals surface area (Å²) in [4.78, 5) is 9.31. The van der Waals surface area contributed by atoms with Gasteiger partial charge in [-0.05, 0) is 54.3 Å². The third kappa shape index (κ3) is 4.67. The Morgan fingerprint density at radius 1 is 0.806 bits per heavy atom. The molecule has 0 aliphatic rings. The van der Waals surface area contributed by atoms with E-state index >= 15 is 0 Å². The molecule has 7 heteroatoms. The van der Waals surface area contributed by atoms with E-state index in [2.05, 4.69) is 46.0 Å². The van der Waals surface area contributed by atoms with Gasteiger partial charge in [-0.2, -0.15) is 0 Å². The molecule has 0 spiro atoms. The van der Waals surface area contributed by atoms with Gasteiger partial charge in [0, 0.05) is 5.69 Å². The second-order valence-electron chi connectivity index (χ2n) is 7.38. The number of sulfonamides is 1. The molecular weight excluding hydrogens is 408 g/mol. The van der Waals surface area contributed by atoms with Crippen molar-refractivity contribution in [2.75, 3.05) is 10.0 Å². The Kier molecular flexibility index (Phi) is 5.86. The van der Waals surface area contributed by atoms with Crippen LogP contribution in [0, 0.1) is 0 Å². The minimum atomic E-state index is -3.81. The molecule has 0 saturated heterocycles. The van der Waals surface area contributed by atoms with Gasteiger partial charge in [0.25, 0.3) is 10.0 Å². The molecule has 0 fully saturated rings. The smallest absolute Gasteiger partial charge is 0.263 e. The van der Waals surface area contributed by atoms with Gasteiger partial charge in [-0.25, -0.2) is 18.4 Å². The number of rotatable bonds is 7. The molecule has 1 heterocycles. The first-order chi connectivity index (χ1) is 15.0. The normalized spacial score (nSPS) is 12.5. The van der Waals surface area contributed by atoms with Gasteiger partial charge in [0.05, 0.1) is 15.9 Å². The first kappa shape index (κ1) is 20.8. The summed E-state index contributed by atoms with van der Waals surface area (Å²) in [6.45, 7) is 4.35. The predicted molar refractivity (Wildman–Crippen MR) is 125 cm³/mol. The maximum absolute atomic E-state index is 12.9. The van der Waals surface area contributed by atoms with Crippen LogP contribution in [0.4, 0.5) is 17.3 Å². The number of nitrogens with zero attached hydrogens (tertiary/aromatic N) is 2. The summed E-state index contributed by atoms with van der Waals surface area (Å²) in [5, 5.41) is 3.22. The first-order valence-electron chi connectivity index (χ1n) is 10.2. The zero-order valence-electron chi connectivity index (χ0n) is 17.4. The summed E-state index contributed by atoms with van der Waals surface area (Å²) in [6, 6.07) is 23.6. The average molecular weight is 433 g/mol. The van der Waals surface area contributed by atoms with Crippen molar-refractivity contribution < 1.29 is 8.42 Å². The summed E-state index contributed by atoms with van der Waals surface area (Å²) in [5.74, 6) is 0.964. The zero-order valence-corrected chi connectivity index (χ0v) is 18.2. The lowest BCUT2D eigenvalue weighted by molar-refractivity contribution is 0.601. The third-order valence-electron chi connectivity index (χ3n) is 5.21. The van der Waals surface area contributed by atoms with Crippen LogP contribution < -0.4 is 10.0 Å². The maximum Gasteiger partial charge on any atom is 0.263 e. The number of hydrogen-bond donors (Lipinski definition) is 2. The Morgan fingerprint density at radius 2 is 1.39 bits per heavy atom. The maximum atomic E-state index is 12.9. The summed E-state index contributed by atoms with van der Waals surface area (Å²) in [5.41, 5.74) is 3.33. The van der Waals surface area contributed by atoms with E-state index in [1.165, 1.54) is 17.7 Å². The summed E-state index contributed by atoms with van der Waals surface area (Å²) in [6.07, 6.45) is 1.06. The number of aromatic nitrogens is 2. The van der Waals surface area contributed by atoms with Gasteiger partial charge in [-0.15, -0.1) is 0 Å². The molecule has 2 N–H and O–H groups in total. The van der Waals surface area contributed by atoms with Crippen LogP contribution in [0.5, 0.6) is 0 Å². The number of fused-ring (bicyclic) bond motifs is 1. The first-order valence-corrected chi connectivity index (χ1v) is 11.7. The lowest BCUT2D eigenvalue weighted by atomic mass is 9.99. The highest BCUT2D eigenvalue weighted by molar-refractivity contribution is 7.92. The van der Waals surface area contributed by atoms with Crippen LogP contribution in [0.25, 0.3) is 11.0 Å². The Morgan fingerprint density at radius 3 is 2.00 bits per heavy atom. The van der Waals surface area contributed by atoms with Gasteiger partial charge in [0.2, 0.25) is 0 Å². The fourth-order valence-electron chi connectivity index (χ4n) is 3.21. The van der Waals surface area contributed by atoms with E-state index in [-0.39, 0.29) is 10.7 Å². The minimum Gasteiger partial charge on any atom is -0.337 e. The molecule has 4 rings (SSSR count). The molecule has 0 bridgehead atoms. The van der Waals surface area contributed by atoms with Crippen molar-refractivity contribution in [1.29, 1.82) is 0 Å². The number of nitrogens with one attached hydrogen (secondary N) is 2. The highest BCUT2D eigenvalue weighted by atomic mass is 32.2. The molecule has 3 aromatic carbocycles. The molecule has 0 amide bonds. The second-order valence-corrected chi connectivity index (χ2v) is 9.07. The number of para-hydroxylation sites is 2. The van der Waals surface area contributed by atoms with Crippen molar-refractivity contribution in [1.82, 2.24) is 9.97 Å². The molecule has 0 aliphatic carbocycles. The lowest BCUT2D eigenvalue weighted by Gasteiger charge is -2.15. The van der Waals surface area contributed by atoms with Crippen LogP contribution in [-0.2, 0) is 10.0 Å². The molecule has 0 aliphatic heterocycles. The second kappa shape index (κ2) is 8.73. The average Bonchev–Trinajstić information content (AvgIpc) is 2.80. The van der Waals surface area contributed by atoms with Gasteiger partial charge < -0.3 is 5.32 Å².